The minimum Gasteiger partial charge on any atom is -0.316 e. The van der Waals surface area contributed by atoms with Crippen molar-refractivity contribution < 1.29 is 0 Å². The highest BCUT2D eigenvalue weighted by Gasteiger charge is 2.31. The van der Waals surface area contributed by atoms with E-state index in [0.717, 1.165) is 35.2 Å². The van der Waals surface area contributed by atoms with Gasteiger partial charge in [-0.1, -0.05) is 42.6 Å². The molecule has 1 aliphatic heterocycles. The van der Waals surface area contributed by atoms with Crippen LogP contribution in [0.25, 0.3) is 0 Å². The molecule has 2 unspecified atom stereocenters. The molecule has 2 rings (SSSR count). The van der Waals surface area contributed by atoms with E-state index in [1.165, 1.54) is 25.7 Å². The van der Waals surface area contributed by atoms with Gasteiger partial charge in [-0.15, -0.1) is 0 Å². The Hall–Kier alpha value is -0.280. The number of nitrogens with zero attached hydrogens (tertiary/aromatic N) is 1. The molecule has 0 bridgehead atoms. The van der Waals surface area contributed by atoms with Gasteiger partial charge in [0.2, 0.25) is 0 Å². The third-order valence-corrected chi connectivity index (χ3v) is 5.05. The van der Waals surface area contributed by atoms with E-state index < -0.39 is 0 Å². The average molecular weight is 329 g/mol. The second kappa shape index (κ2) is 8.38. The molecule has 0 aromatic heterocycles. The lowest BCUT2D eigenvalue weighted by Crippen LogP contribution is -2.35. The molecule has 0 aliphatic carbocycles. The van der Waals surface area contributed by atoms with Gasteiger partial charge in [0.15, 0.2) is 0 Å². The summed E-state index contributed by atoms with van der Waals surface area (Å²) in [5, 5.41) is 5.17. The normalized spacial score (nSPS) is 24.0. The van der Waals surface area contributed by atoms with Crippen molar-refractivity contribution in [1.29, 1.82) is 0 Å². The summed E-state index contributed by atoms with van der Waals surface area (Å²) in [5.74, 6) is 0.557. The summed E-state index contributed by atoms with van der Waals surface area (Å²) in [6, 6.07) is 6.14. The predicted octanol–water partition coefficient (Wildman–Crippen LogP) is 4.77. The van der Waals surface area contributed by atoms with E-state index in [4.69, 9.17) is 23.2 Å². The molecule has 2 nitrogen and oxygen atoms in total. The monoisotopic (exact) mass is 328 g/mol. The van der Waals surface area contributed by atoms with Crippen molar-refractivity contribution in [2.45, 2.75) is 38.6 Å². The van der Waals surface area contributed by atoms with Gasteiger partial charge in [0, 0.05) is 21.7 Å². The van der Waals surface area contributed by atoms with Gasteiger partial charge in [-0.25, -0.2) is 0 Å². The topological polar surface area (TPSA) is 15.3 Å². The maximum Gasteiger partial charge on any atom is 0.0468 e. The van der Waals surface area contributed by atoms with Crippen LogP contribution >= 0.6 is 23.2 Å². The van der Waals surface area contributed by atoms with Gasteiger partial charge in [0.1, 0.15) is 0 Å². The highest BCUT2D eigenvalue weighted by atomic mass is 35.5. The van der Waals surface area contributed by atoms with Crippen LogP contribution in [0, 0.1) is 5.92 Å². The summed E-state index contributed by atoms with van der Waals surface area (Å²) in [6.45, 7) is 5.42. The highest BCUT2D eigenvalue weighted by Crippen LogP contribution is 2.40. The van der Waals surface area contributed by atoms with Crippen LogP contribution in [0.15, 0.2) is 18.2 Å². The number of nitrogens with one attached hydrogen (secondary N) is 1. The Bertz CT molecular complexity index is 430. The molecule has 0 saturated carbocycles. The minimum absolute atomic E-state index is 0.304. The molecular weight excluding hydrogens is 303 g/mol. The van der Waals surface area contributed by atoms with Gasteiger partial charge >= 0.3 is 0 Å². The molecule has 0 spiro atoms. The van der Waals surface area contributed by atoms with Crippen LogP contribution in [0.5, 0.6) is 0 Å². The molecule has 1 N–H and O–H groups in total. The SMILES string of the molecule is CCCNCC1CCCCN(C)C1c1c(Cl)cccc1Cl. The lowest BCUT2D eigenvalue weighted by Gasteiger charge is -2.34. The molecule has 2 atom stereocenters. The van der Waals surface area contributed by atoms with Gasteiger partial charge in [-0.2, -0.15) is 0 Å². The second-order valence-corrected chi connectivity index (χ2v) is 6.84. The van der Waals surface area contributed by atoms with Crippen LogP contribution in [-0.2, 0) is 0 Å². The largest absolute Gasteiger partial charge is 0.316 e. The summed E-state index contributed by atoms with van der Waals surface area (Å²) in [7, 11) is 2.20. The Labute approximate surface area is 138 Å². The summed E-state index contributed by atoms with van der Waals surface area (Å²) < 4.78 is 0. The smallest absolute Gasteiger partial charge is 0.0468 e. The molecule has 21 heavy (non-hydrogen) atoms. The van der Waals surface area contributed by atoms with Crippen molar-refractivity contribution in [1.82, 2.24) is 10.2 Å². The number of benzene rings is 1. The quantitative estimate of drug-likeness (QED) is 0.783. The van der Waals surface area contributed by atoms with Crippen LogP contribution in [-0.4, -0.2) is 31.6 Å². The molecule has 1 saturated heterocycles. The average Bonchev–Trinajstić information content (AvgIpc) is 2.62. The van der Waals surface area contributed by atoms with Gasteiger partial charge in [-0.3, -0.25) is 4.90 Å². The molecular formula is C17H26Cl2N2. The van der Waals surface area contributed by atoms with E-state index in [1.807, 2.05) is 18.2 Å². The number of rotatable bonds is 5. The van der Waals surface area contributed by atoms with E-state index in [-0.39, 0.29) is 0 Å². The lowest BCUT2D eigenvalue weighted by atomic mass is 9.89. The Morgan fingerprint density at radius 1 is 1.24 bits per heavy atom. The standard InChI is InChI=1S/C17H26Cl2N2/c1-3-10-20-12-13-7-4-5-11-21(2)17(13)16-14(18)8-6-9-15(16)19/h6,8-9,13,17,20H,3-5,7,10-12H2,1-2H3. The molecule has 1 heterocycles. The zero-order valence-corrected chi connectivity index (χ0v) is 14.6. The molecule has 1 aliphatic rings. The van der Waals surface area contributed by atoms with Crippen molar-refractivity contribution in [2.75, 3.05) is 26.7 Å². The van der Waals surface area contributed by atoms with Crippen molar-refractivity contribution >= 4 is 23.2 Å². The molecule has 0 amide bonds. The summed E-state index contributed by atoms with van der Waals surface area (Å²) >= 11 is 13.0. The predicted molar refractivity (Wildman–Crippen MR) is 92.3 cm³/mol. The van der Waals surface area contributed by atoms with Gasteiger partial charge in [0.25, 0.3) is 0 Å². The minimum atomic E-state index is 0.304. The lowest BCUT2D eigenvalue weighted by molar-refractivity contribution is 0.189. The second-order valence-electron chi connectivity index (χ2n) is 6.02. The van der Waals surface area contributed by atoms with Crippen LogP contribution in [0.1, 0.15) is 44.2 Å². The summed E-state index contributed by atoms with van der Waals surface area (Å²) in [4.78, 5) is 2.43. The van der Waals surface area contributed by atoms with E-state index in [2.05, 4.69) is 24.2 Å². The third-order valence-electron chi connectivity index (χ3n) is 4.39. The van der Waals surface area contributed by atoms with Crippen molar-refractivity contribution in [3.63, 3.8) is 0 Å². The van der Waals surface area contributed by atoms with Crippen LogP contribution in [0.4, 0.5) is 0 Å². The van der Waals surface area contributed by atoms with Crippen molar-refractivity contribution in [3.05, 3.63) is 33.8 Å². The first kappa shape index (κ1) is 17.1. The third kappa shape index (κ3) is 4.35. The van der Waals surface area contributed by atoms with E-state index >= 15 is 0 Å². The fourth-order valence-electron chi connectivity index (χ4n) is 3.35. The first-order chi connectivity index (χ1) is 10.1. The zero-order valence-electron chi connectivity index (χ0n) is 13.0. The Morgan fingerprint density at radius 3 is 2.62 bits per heavy atom. The molecule has 118 valence electrons. The number of halogens is 2. The molecule has 1 aromatic carbocycles. The maximum atomic E-state index is 6.48. The molecule has 0 radical (unpaired) electrons. The number of hydrogen-bond donors (Lipinski definition) is 1. The molecule has 1 aromatic rings. The Morgan fingerprint density at radius 2 is 1.95 bits per heavy atom. The fourth-order valence-corrected chi connectivity index (χ4v) is 3.97. The van der Waals surface area contributed by atoms with Crippen LogP contribution in [0.2, 0.25) is 10.0 Å². The zero-order chi connectivity index (χ0) is 15.2. The Kier molecular flexibility index (Phi) is 6.81. The molecule has 1 fully saturated rings. The van der Waals surface area contributed by atoms with E-state index in [1.54, 1.807) is 0 Å². The Balaban J connectivity index is 2.28. The number of likely N-dealkylation sites (tertiary alicyclic amines) is 1. The van der Waals surface area contributed by atoms with Crippen molar-refractivity contribution in [3.8, 4) is 0 Å². The fraction of sp³-hybridized carbons (Fsp3) is 0.647. The molecule has 4 heteroatoms. The van der Waals surface area contributed by atoms with Crippen molar-refractivity contribution in [2.24, 2.45) is 5.92 Å². The van der Waals surface area contributed by atoms with Gasteiger partial charge < -0.3 is 5.32 Å². The first-order valence-electron chi connectivity index (χ1n) is 8.00. The number of hydrogen-bond acceptors (Lipinski definition) is 2. The summed E-state index contributed by atoms with van der Waals surface area (Å²) in [5.41, 5.74) is 1.11. The van der Waals surface area contributed by atoms with Crippen LogP contribution < -0.4 is 5.32 Å². The maximum absolute atomic E-state index is 6.48. The van der Waals surface area contributed by atoms with E-state index in [0.29, 0.717) is 12.0 Å². The van der Waals surface area contributed by atoms with Crippen LogP contribution in [0.3, 0.4) is 0 Å². The van der Waals surface area contributed by atoms with E-state index in [9.17, 15) is 0 Å². The summed E-state index contributed by atoms with van der Waals surface area (Å²) in [6.07, 6.45) is 4.92. The van der Waals surface area contributed by atoms with Gasteiger partial charge in [-0.05, 0) is 64.0 Å². The first-order valence-corrected chi connectivity index (χ1v) is 8.75. The van der Waals surface area contributed by atoms with Gasteiger partial charge in [0.05, 0.1) is 0 Å². The highest BCUT2D eigenvalue weighted by molar-refractivity contribution is 6.36.